The van der Waals surface area contributed by atoms with E-state index in [4.69, 9.17) is 11.6 Å². The first-order valence-corrected chi connectivity index (χ1v) is 7.01. The number of benzene rings is 1. The molecule has 1 aromatic carbocycles. The van der Waals surface area contributed by atoms with Crippen LogP contribution in [0.5, 0.6) is 0 Å². The molecular formula is C14H18ClFN2O. The van der Waals surface area contributed by atoms with Crippen LogP contribution in [0, 0.1) is 5.82 Å². The van der Waals surface area contributed by atoms with Gasteiger partial charge in [0.05, 0.1) is 5.02 Å². The molecule has 0 saturated carbocycles. The average molecular weight is 285 g/mol. The van der Waals surface area contributed by atoms with Gasteiger partial charge in [-0.05, 0) is 44.0 Å². The Bertz CT molecular complexity index is 447. The molecule has 1 aliphatic rings. The first kappa shape index (κ1) is 14.3. The fraction of sp³-hybridized carbons (Fsp3) is 0.500. The van der Waals surface area contributed by atoms with Crippen molar-refractivity contribution in [2.75, 3.05) is 11.9 Å². The quantitative estimate of drug-likeness (QED) is 0.890. The zero-order valence-corrected chi connectivity index (χ0v) is 11.5. The lowest BCUT2D eigenvalue weighted by Gasteiger charge is -2.23. The fourth-order valence-corrected chi connectivity index (χ4v) is 2.39. The van der Waals surface area contributed by atoms with Crippen LogP contribution < -0.4 is 10.6 Å². The van der Waals surface area contributed by atoms with E-state index in [1.165, 1.54) is 25.0 Å². The first-order valence-electron chi connectivity index (χ1n) is 6.63. The summed E-state index contributed by atoms with van der Waals surface area (Å²) < 4.78 is 13.2. The normalized spacial score (nSPS) is 19.2. The Balaban J connectivity index is 1.78. The molecule has 1 aromatic rings. The van der Waals surface area contributed by atoms with Crippen molar-refractivity contribution in [2.24, 2.45) is 0 Å². The number of nitrogens with one attached hydrogen (secondary N) is 2. The summed E-state index contributed by atoms with van der Waals surface area (Å²) in [5.41, 5.74) is 0.448. The lowest BCUT2D eigenvalue weighted by molar-refractivity contribution is -0.116. The minimum absolute atomic E-state index is 0.0596. The standard InChI is InChI=1S/C14H18ClFN2O/c15-12-6-4-11(9-13(12)16)18-14(19)7-5-10-3-1-2-8-17-10/h4,6,9-10,17H,1-3,5,7-8H2,(H,18,19). The van der Waals surface area contributed by atoms with Gasteiger partial charge in [-0.15, -0.1) is 0 Å². The molecule has 1 unspecified atom stereocenters. The highest BCUT2D eigenvalue weighted by atomic mass is 35.5. The molecule has 1 fully saturated rings. The summed E-state index contributed by atoms with van der Waals surface area (Å²) in [7, 11) is 0. The minimum atomic E-state index is -0.520. The number of carbonyl (C=O) groups is 1. The summed E-state index contributed by atoms with van der Waals surface area (Å²) >= 11 is 5.58. The van der Waals surface area contributed by atoms with Gasteiger partial charge >= 0.3 is 0 Å². The Hall–Kier alpha value is -1.13. The fourth-order valence-electron chi connectivity index (χ4n) is 2.27. The molecule has 104 valence electrons. The molecule has 19 heavy (non-hydrogen) atoms. The van der Waals surface area contributed by atoms with E-state index in [1.54, 1.807) is 6.07 Å². The van der Waals surface area contributed by atoms with Crippen LogP contribution in [0.4, 0.5) is 10.1 Å². The molecule has 0 aliphatic carbocycles. The zero-order valence-electron chi connectivity index (χ0n) is 10.7. The predicted molar refractivity (Wildman–Crippen MR) is 74.9 cm³/mol. The van der Waals surface area contributed by atoms with Gasteiger partial charge in [0.25, 0.3) is 0 Å². The summed E-state index contributed by atoms with van der Waals surface area (Å²) in [4.78, 5) is 11.8. The van der Waals surface area contributed by atoms with Gasteiger partial charge in [0.1, 0.15) is 5.82 Å². The minimum Gasteiger partial charge on any atom is -0.326 e. The van der Waals surface area contributed by atoms with Crippen LogP contribution in [-0.4, -0.2) is 18.5 Å². The van der Waals surface area contributed by atoms with Crippen LogP contribution in [0.3, 0.4) is 0 Å². The van der Waals surface area contributed by atoms with Gasteiger partial charge in [-0.1, -0.05) is 18.0 Å². The highest BCUT2D eigenvalue weighted by molar-refractivity contribution is 6.30. The maximum atomic E-state index is 13.2. The van der Waals surface area contributed by atoms with E-state index in [0.717, 1.165) is 19.4 Å². The maximum Gasteiger partial charge on any atom is 0.224 e. The first-order chi connectivity index (χ1) is 9.15. The topological polar surface area (TPSA) is 41.1 Å². The van der Waals surface area contributed by atoms with E-state index in [2.05, 4.69) is 10.6 Å². The Morgan fingerprint density at radius 2 is 2.32 bits per heavy atom. The summed E-state index contributed by atoms with van der Waals surface area (Å²) in [6.45, 7) is 1.04. The zero-order chi connectivity index (χ0) is 13.7. The molecule has 1 amide bonds. The molecule has 1 saturated heterocycles. The van der Waals surface area contributed by atoms with Crippen LogP contribution >= 0.6 is 11.6 Å². The second-order valence-corrected chi connectivity index (χ2v) is 5.27. The number of hydrogen-bond donors (Lipinski definition) is 2. The smallest absolute Gasteiger partial charge is 0.224 e. The van der Waals surface area contributed by atoms with Crippen molar-refractivity contribution < 1.29 is 9.18 Å². The number of carbonyl (C=O) groups excluding carboxylic acids is 1. The van der Waals surface area contributed by atoms with Crippen LogP contribution in [0.1, 0.15) is 32.1 Å². The van der Waals surface area contributed by atoms with Crippen molar-refractivity contribution >= 4 is 23.2 Å². The van der Waals surface area contributed by atoms with Gasteiger partial charge in [0, 0.05) is 18.2 Å². The SMILES string of the molecule is O=C(CCC1CCCCN1)Nc1ccc(Cl)c(F)c1. The third-order valence-electron chi connectivity index (χ3n) is 3.34. The monoisotopic (exact) mass is 284 g/mol. The van der Waals surface area contributed by atoms with Crippen molar-refractivity contribution in [2.45, 2.75) is 38.1 Å². The molecule has 0 bridgehead atoms. The van der Waals surface area contributed by atoms with E-state index in [-0.39, 0.29) is 10.9 Å². The maximum absolute atomic E-state index is 13.2. The van der Waals surface area contributed by atoms with Gasteiger partial charge in [-0.25, -0.2) is 4.39 Å². The largest absolute Gasteiger partial charge is 0.326 e. The van der Waals surface area contributed by atoms with Gasteiger partial charge in [-0.2, -0.15) is 0 Å². The van der Waals surface area contributed by atoms with Crippen molar-refractivity contribution in [1.29, 1.82) is 0 Å². The van der Waals surface area contributed by atoms with Crippen LogP contribution in [0.2, 0.25) is 5.02 Å². The van der Waals surface area contributed by atoms with Gasteiger partial charge in [0.2, 0.25) is 5.91 Å². The molecular weight excluding hydrogens is 267 g/mol. The molecule has 2 N–H and O–H groups in total. The number of halogens is 2. The molecule has 1 atom stereocenters. The highest BCUT2D eigenvalue weighted by Gasteiger charge is 2.14. The molecule has 0 spiro atoms. The Morgan fingerprint density at radius 1 is 1.47 bits per heavy atom. The second kappa shape index (κ2) is 6.87. The lowest BCUT2D eigenvalue weighted by Crippen LogP contribution is -2.34. The van der Waals surface area contributed by atoms with Crippen molar-refractivity contribution in [3.63, 3.8) is 0 Å². The number of hydrogen-bond acceptors (Lipinski definition) is 2. The predicted octanol–water partition coefficient (Wildman–Crippen LogP) is 3.34. The number of anilines is 1. The van der Waals surface area contributed by atoms with Gasteiger partial charge < -0.3 is 10.6 Å². The van der Waals surface area contributed by atoms with E-state index in [0.29, 0.717) is 18.2 Å². The summed E-state index contributed by atoms with van der Waals surface area (Å²) in [6.07, 6.45) is 4.83. The van der Waals surface area contributed by atoms with Crippen molar-refractivity contribution in [3.05, 3.63) is 29.0 Å². The third-order valence-corrected chi connectivity index (χ3v) is 3.64. The third kappa shape index (κ3) is 4.48. The molecule has 3 nitrogen and oxygen atoms in total. The van der Waals surface area contributed by atoms with Gasteiger partial charge in [-0.3, -0.25) is 4.79 Å². The number of rotatable bonds is 4. The van der Waals surface area contributed by atoms with E-state index < -0.39 is 5.82 Å². The highest BCUT2D eigenvalue weighted by Crippen LogP contribution is 2.19. The van der Waals surface area contributed by atoms with Crippen LogP contribution in [0.25, 0.3) is 0 Å². The molecule has 2 rings (SSSR count). The lowest BCUT2D eigenvalue weighted by atomic mass is 10.0. The Kier molecular flexibility index (Phi) is 5.16. The van der Waals surface area contributed by atoms with Crippen molar-refractivity contribution in [1.82, 2.24) is 5.32 Å². The Morgan fingerprint density at radius 3 is 3.00 bits per heavy atom. The van der Waals surface area contributed by atoms with E-state index >= 15 is 0 Å². The number of amides is 1. The summed E-state index contributed by atoms with van der Waals surface area (Å²) in [5, 5.41) is 6.14. The second-order valence-electron chi connectivity index (χ2n) is 4.86. The van der Waals surface area contributed by atoms with Crippen molar-refractivity contribution in [3.8, 4) is 0 Å². The van der Waals surface area contributed by atoms with E-state index in [9.17, 15) is 9.18 Å². The van der Waals surface area contributed by atoms with Crippen LogP contribution in [0.15, 0.2) is 18.2 Å². The number of piperidine rings is 1. The molecule has 0 aromatic heterocycles. The summed E-state index contributed by atoms with van der Waals surface area (Å²) in [6, 6.07) is 4.71. The molecule has 1 heterocycles. The molecule has 1 aliphatic heterocycles. The van der Waals surface area contributed by atoms with Gasteiger partial charge in [0.15, 0.2) is 0 Å². The van der Waals surface area contributed by atoms with Crippen LogP contribution in [-0.2, 0) is 4.79 Å². The Labute approximate surface area is 117 Å². The average Bonchev–Trinajstić information content (AvgIpc) is 2.42. The summed E-state index contributed by atoms with van der Waals surface area (Å²) in [5.74, 6) is -0.609. The molecule has 0 radical (unpaired) electrons. The molecule has 5 heteroatoms. The van der Waals surface area contributed by atoms with E-state index in [1.807, 2.05) is 0 Å².